The summed E-state index contributed by atoms with van der Waals surface area (Å²) in [5.74, 6) is -3.56. The fourth-order valence-corrected chi connectivity index (χ4v) is 5.09. The summed E-state index contributed by atoms with van der Waals surface area (Å²) in [6.07, 6.45) is 0. The van der Waals surface area contributed by atoms with Gasteiger partial charge in [0.1, 0.15) is 11.5 Å². The van der Waals surface area contributed by atoms with Crippen molar-refractivity contribution in [3.05, 3.63) is 106 Å². The molecule has 1 atom stereocenters. The van der Waals surface area contributed by atoms with E-state index in [0.717, 1.165) is 0 Å². The second kappa shape index (κ2) is 9.82. The van der Waals surface area contributed by atoms with Crippen molar-refractivity contribution >= 4 is 34.7 Å². The lowest BCUT2D eigenvalue weighted by molar-refractivity contribution is 0.0686. The Kier molecular flexibility index (Phi) is 6.72. The fraction of sp³-hybridized carbons (Fsp3) is 0.103. The van der Waals surface area contributed by atoms with Crippen LogP contribution in [0.5, 0.6) is 11.5 Å². The Morgan fingerprint density at radius 2 is 1.00 bits per heavy atom. The molecule has 0 amide bonds. The molecule has 0 aliphatic heterocycles. The van der Waals surface area contributed by atoms with Crippen LogP contribution in [-0.2, 0) is 5.41 Å². The summed E-state index contributed by atoms with van der Waals surface area (Å²) in [6, 6.07) is 18.4. The topological polar surface area (TPSA) is 219 Å². The summed E-state index contributed by atoms with van der Waals surface area (Å²) >= 11 is 0. The number of hydrogen-bond donors (Lipinski definition) is 8. The molecule has 39 heavy (non-hydrogen) atoms. The number of anilines is 4. The number of nitrogen functional groups attached to an aromatic ring is 4. The molecular weight excluding hydrogens is 500 g/mol. The van der Waals surface area contributed by atoms with Gasteiger partial charge in [-0.25, -0.2) is 9.59 Å². The van der Waals surface area contributed by atoms with E-state index in [1.165, 1.54) is 48.5 Å². The molecule has 12 N–H and O–H groups in total. The molecule has 200 valence electrons. The number of carboxylic acid groups (broad SMARTS) is 2. The van der Waals surface area contributed by atoms with Gasteiger partial charge in [-0.15, -0.1) is 0 Å². The highest BCUT2D eigenvalue weighted by atomic mass is 16.4. The van der Waals surface area contributed by atoms with Crippen molar-refractivity contribution in [2.75, 3.05) is 22.9 Å². The molecule has 0 bridgehead atoms. The highest BCUT2D eigenvalue weighted by molar-refractivity contribution is 5.94. The molecule has 0 saturated heterocycles. The monoisotopic (exact) mass is 528 g/mol. The maximum Gasteiger partial charge on any atom is 0.337 e. The Morgan fingerprint density at radius 3 is 1.44 bits per heavy atom. The molecule has 10 heteroatoms. The second-order valence-electron chi connectivity index (χ2n) is 9.34. The number of nitrogens with two attached hydrogens (primary N) is 4. The highest BCUT2D eigenvalue weighted by Gasteiger charge is 2.44. The van der Waals surface area contributed by atoms with Gasteiger partial charge in [0.15, 0.2) is 0 Å². The van der Waals surface area contributed by atoms with Gasteiger partial charge in [-0.1, -0.05) is 31.2 Å². The van der Waals surface area contributed by atoms with Gasteiger partial charge in [0.2, 0.25) is 0 Å². The van der Waals surface area contributed by atoms with Crippen LogP contribution in [0, 0.1) is 0 Å². The van der Waals surface area contributed by atoms with E-state index in [1.807, 2.05) is 6.92 Å². The third-order valence-corrected chi connectivity index (χ3v) is 7.17. The Balaban J connectivity index is 2.20. The van der Waals surface area contributed by atoms with E-state index in [2.05, 4.69) is 0 Å². The number of carboxylic acids is 2. The van der Waals surface area contributed by atoms with E-state index in [9.17, 15) is 30.0 Å². The van der Waals surface area contributed by atoms with Gasteiger partial charge in [0.25, 0.3) is 0 Å². The van der Waals surface area contributed by atoms with E-state index in [0.29, 0.717) is 22.3 Å². The molecule has 0 radical (unpaired) electrons. The van der Waals surface area contributed by atoms with Gasteiger partial charge in [0, 0.05) is 11.4 Å². The molecule has 0 aliphatic rings. The van der Waals surface area contributed by atoms with Gasteiger partial charge in [0.05, 0.1) is 27.9 Å². The van der Waals surface area contributed by atoms with E-state index in [-0.39, 0.29) is 45.4 Å². The summed E-state index contributed by atoms with van der Waals surface area (Å²) in [6.45, 7) is 1.81. The Morgan fingerprint density at radius 1 is 0.615 bits per heavy atom. The minimum Gasteiger partial charge on any atom is -0.506 e. The molecule has 0 saturated carbocycles. The van der Waals surface area contributed by atoms with E-state index >= 15 is 0 Å². The summed E-state index contributed by atoms with van der Waals surface area (Å²) in [4.78, 5) is 24.0. The van der Waals surface area contributed by atoms with Gasteiger partial charge in [-0.2, -0.15) is 0 Å². The number of hydrogen-bond acceptors (Lipinski definition) is 8. The number of aromatic carboxylic acids is 2. The highest BCUT2D eigenvalue weighted by Crippen LogP contribution is 2.52. The van der Waals surface area contributed by atoms with Crippen molar-refractivity contribution in [2.24, 2.45) is 0 Å². The third-order valence-electron chi connectivity index (χ3n) is 7.17. The molecule has 0 aromatic heterocycles. The first kappa shape index (κ1) is 26.7. The lowest BCUT2D eigenvalue weighted by Crippen LogP contribution is -2.36. The van der Waals surface area contributed by atoms with Crippen molar-refractivity contribution in [1.82, 2.24) is 0 Å². The van der Waals surface area contributed by atoms with Crippen LogP contribution in [0.15, 0.2) is 72.8 Å². The van der Waals surface area contributed by atoms with Crippen LogP contribution < -0.4 is 22.9 Å². The minimum atomic E-state index is -1.33. The zero-order valence-corrected chi connectivity index (χ0v) is 20.9. The minimum absolute atomic E-state index is 0.0359. The van der Waals surface area contributed by atoms with Gasteiger partial charge in [-0.05, 0) is 76.7 Å². The van der Waals surface area contributed by atoms with Crippen molar-refractivity contribution in [2.45, 2.75) is 18.3 Å². The van der Waals surface area contributed by atoms with Gasteiger partial charge >= 0.3 is 11.9 Å². The van der Waals surface area contributed by atoms with E-state index < -0.39 is 23.3 Å². The zero-order valence-electron chi connectivity index (χ0n) is 20.9. The lowest BCUT2D eigenvalue weighted by Gasteiger charge is -2.42. The molecule has 0 aliphatic carbocycles. The van der Waals surface area contributed by atoms with Crippen LogP contribution in [0.2, 0.25) is 0 Å². The predicted octanol–water partition coefficient (Wildman–Crippen LogP) is 3.96. The van der Waals surface area contributed by atoms with Crippen molar-refractivity contribution < 1.29 is 30.0 Å². The summed E-state index contributed by atoms with van der Waals surface area (Å²) < 4.78 is 0. The average Bonchev–Trinajstić information content (AvgIpc) is 2.89. The van der Waals surface area contributed by atoms with Crippen molar-refractivity contribution in [3.63, 3.8) is 0 Å². The molecule has 4 aromatic rings. The Bertz CT molecular complexity index is 1570. The Hall–Kier alpha value is -5.38. The normalized spacial score (nSPS) is 12.1. The number of rotatable bonds is 7. The third kappa shape index (κ3) is 4.48. The maximum absolute atomic E-state index is 12.1. The first-order valence-corrected chi connectivity index (χ1v) is 11.8. The SMILES string of the molecule is CC(c1ccc(N)c(C(=O)O)c1)C(c1ccc(N)c(O)c1)(c1ccc(N)c(O)c1)c1ccc(N)c(C(=O)O)c1. The van der Waals surface area contributed by atoms with Crippen molar-refractivity contribution in [1.29, 1.82) is 0 Å². The number of benzene rings is 4. The van der Waals surface area contributed by atoms with Crippen LogP contribution in [0.25, 0.3) is 0 Å². The summed E-state index contributed by atoms with van der Waals surface area (Å²) in [5.41, 5.74) is 24.4. The summed E-state index contributed by atoms with van der Waals surface area (Å²) in [7, 11) is 0. The molecule has 0 heterocycles. The smallest absolute Gasteiger partial charge is 0.337 e. The van der Waals surface area contributed by atoms with Crippen molar-refractivity contribution in [3.8, 4) is 11.5 Å². The Labute approximate surface area is 223 Å². The van der Waals surface area contributed by atoms with Crippen LogP contribution in [0.3, 0.4) is 0 Å². The van der Waals surface area contributed by atoms with Gasteiger partial charge < -0.3 is 43.4 Å². The molecular formula is C29H28N4O6. The van der Waals surface area contributed by atoms with Gasteiger partial charge in [-0.3, -0.25) is 0 Å². The zero-order chi connectivity index (χ0) is 28.6. The quantitative estimate of drug-likeness (QED) is 0.0979. The van der Waals surface area contributed by atoms with Crippen LogP contribution in [0.4, 0.5) is 22.7 Å². The lowest BCUT2D eigenvalue weighted by atomic mass is 9.60. The predicted molar refractivity (Wildman–Crippen MR) is 149 cm³/mol. The fourth-order valence-electron chi connectivity index (χ4n) is 5.09. The molecule has 0 fully saturated rings. The first-order chi connectivity index (χ1) is 18.4. The molecule has 10 nitrogen and oxygen atoms in total. The van der Waals surface area contributed by atoms with E-state index in [4.69, 9.17) is 22.9 Å². The molecule has 4 rings (SSSR count). The number of phenolic OH excluding ortho intramolecular Hbond substituents is 2. The van der Waals surface area contributed by atoms with E-state index in [1.54, 1.807) is 24.3 Å². The second-order valence-corrected chi connectivity index (χ2v) is 9.34. The van der Waals surface area contributed by atoms with Crippen LogP contribution >= 0.6 is 0 Å². The largest absolute Gasteiger partial charge is 0.506 e. The number of carbonyl (C=O) groups is 2. The first-order valence-electron chi connectivity index (χ1n) is 11.8. The summed E-state index contributed by atoms with van der Waals surface area (Å²) in [5, 5.41) is 40.9. The molecule has 1 unspecified atom stereocenters. The average molecular weight is 529 g/mol. The molecule has 0 spiro atoms. The number of phenols is 2. The number of aromatic hydroxyl groups is 2. The van der Waals surface area contributed by atoms with Crippen LogP contribution in [0.1, 0.15) is 55.8 Å². The maximum atomic E-state index is 12.1. The molecule has 4 aromatic carbocycles. The van der Waals surface area contributed by atoms with Crippen LogP contribution in [-0.4, -0.2) is 32.4 Å². The standard InChI is InChI=1S/C29H28N4O6/c1-14(15-2-6-21(30)19(10-15)27(36)37)29(17-4-8-23(32)25(34)12-17,18-5-9-24(33)26(35)13-18)16-3-7-22(31)20(11-16)28(38)39/h2-14,34-35H,30-33H2,1H3,(H,36,37)(H,38,39).